The summed E-state index contributed by atoms with van der Waals surface area (Å²) in [6.45, 7) is 3.02. The fourth-order valence-corrected chi connectivity index (χ4v) is 4.66. The number of hydrogen-bond donors (Lipinski definition) is 1. The van der Waals surface area contributed by atoms with E-state index in [0.717, 1.165) is 49.8 Å². The highest BCUT2D eigenvalue weighted by Gasteiger charge is 2.37. The molecule has 1 saturated heterocycles. The number of nitrogens with zero attached hydrogens (tertiary/aromatic N) is 3. The van der Waals surface area contributed by atoms with Crippen molar-refractivity contribution in [1.29, 1.82) is 5.26 Å². The number of piperazine rings is 1. The lowest BCUT2D eigenvalue weighted by molar-refractivity contribution is 0.416. The lowest BCUT2D eigenvalue weighted by atomic mass is 9.86. The van der Waals surface area contributed by atoms with Crippen LogP contribution in [-0.4, -0.2) is 30.7 Å². The normalized spacial score (nSPS) is 26.8. The highest BCUT2D eigenvalue weighted by atomic mass is 15.2. The largest absolute Gasteiger partial charge is 0.353 e. The van der Waals surface area contributed by atoms with Crippen molar-refractivity contribution >= 4 is 5.82 Å². The molecule has 4 nitrogen and oxygen atoms in total. The molecule has 2 heterocycles. The first kappa shape index (κ1) is 14.7. The molecule has 1 aromatic rings. The molecule has 0 bridgehead atoms. The number of anilines is 1. The van der Waals surface area contributed by atoms with E-state index >= 15 is 0 Å². The van der Waals surface area contributed by atoms with Gasteiger partial charge in [0.25, 0.3) is 0 Å². The highest BCUT2D eigenvalue weighted by Crippen LogP contribution is 2.45. The van der Waals surface area contributed by atoms with Crippen LogP contribution in [0.5, 0.6) is 0 Å². The van der Waals surface area contributed by atoms with Crippen molar-refractivity contribution in [3.63, 3.8) is 0 Å². The van der Waals surface area contributed by atoms with E-state index in [2.05, 4.69) is 16.3 Å². The minimum absolute atomic E-state index is 0.590. The van der Waals surface area contributed by atoms with Crippen molar-refractivity contribution in [3.8, 4) is 6.07 Å². The molecule has 3 fully saturated rings. The number of nitrogens with one attached hydrogen (secondary N) is 1. The van der Waals surface area contributed by atoms with E-state index in [0.29, 0.717) is 12.0 Å². The van der Waals surface area contributed by atoms with Gasteiger partial charge in [0, 0.05) is 37.3 Å². The molecule has 24 heavy (non-hydrogen) atoms. The Morgan fingerprint density at radius 2 is 1.88 bits per heavy atom. The molecule has 0 radical (unpaired) electrons. The average molecular weight is 322 g/mol. The summed E-state index contributed by atoms with van der Waals surface area (Å²) >= 11 is 0. The van der Waals surface area contributed by atoms with Crippen LogP contribution in [0.2, 0.25) is 0 Å². The van der Waals surface area contributed by atoms with Crippen molar-refractivity contribution < 1.29 is 0 Å². The number of fused-ring (bicyclic) bond motifs is 1. The molecule has 1 N–H and O–H groups in total. The van der Waals surface area contributed by atoms with Gasteiger partial charge in [0.05, 0.1) is 5.56 Å². The molecule has 3 aliphatic carbocycles. The van der Waals surface area contributed by atoms with Gasteiger partial charge >= 0.3 is 0 Å². The first-order valence-electron chi connectivity index (χ1n) is 9.79. The SMILES string of the molecule is N#Cc1c(N2CCN[C@H](C3CC3)C2)nc(C2CC2)c2c1CCCC2. The quantitative estimate of drug-likeness (QED) is 0.930. The van der Waals surface area contributed by atoms with Gasteiger partial charge in [0.2, 0.25) is 0 Å². The van der Waals surface area contributed by atoms with E-state index in [-0.39, 0.29) is 0 Å². The Balaban J connectivity index is 1.56. The Morgan fingerprint density at radius 3 is 2.58 bits per heavy atom. The Labute approximate surface area is 144 Å². The third kappa shape index (κ3) is 2.50. The summed E-state index contributed by atoms with van der Waals surface area (Å²) < 4.78 is 0. The van der Waals surface area contributed by atoms with E-state index in [1.165, 1.54) is 55.3 Å². The predicted molar refractivity (Wildman–Crippen MR) is 94.3 cm³/mol. The molecular formula is C20H26N4. The summed E-state index contributed by atoms with van der Waals surface area (Å²) in [6.07, 6.45) is 10.00. The van der Waals surface area contributed by atoms with Gasteiger partial charge in [-0.2, -0.15) is 5.26 Å². The van der Waals surface area contributed by atoms with Gasteiger partial charge in [0.1, 0.15) is 11.9 Å². The summed E-state index contributed by atoms with van der Waals surface area (Å²) in [5, 5.41) is 13.6. The molecule has 4 aliphatic rings. The van der Waals surface area contributed by atoms with Gasteiger partial charge < -0.3 is 10.2 Å². The van der Waals surface area contributed by atoms with Crippen molar-refractivity contribution in [3.05, 3.63) is 22.4 Å². The van der Waals surface area contributed by atoms with E-state index in [4.69, 9.17) is 4.98 Å². The second-order valence-electron chi connectivity index (χ2n) is 8.09. The van der Waals surface area contributed by atoms with Crippen molar-refractivity contribution in [2.75, 3.05) is 24.5 Å². The van der Waals surface area contributed by atoms with Crippen LogP contribution in [0.4, 0.5) is 5.82 Å². The Morgan fingerprint density at radius 1 is 1.08 bits per heavy atom. The summed E-state index contributed by atoms with van der Waals surface area (Å²) in [4.78, 5) is 7.55. The number of pyridine rings is 1. The monoisotopic (exact) mass is 322 g/mol. The van der Waals surface area contributed by atoms with E-state index in [1.807, 2.05) is 0 Å². The summed E-state index contributed by atoms with van der Waals surface area (Å²) in [6, 6.07) is 3.13. The lowest BCUT2D eigenvalue weighted by Gasteiger charge is -2.36. The molecule has 1 atom stereocenters. The molecule has 4 heteroatoms. The smallest absolute Gasteiger partial charge is 0.147 e. The van der Waals surface area contributed by atoms with E-state index < -0.39 is 0 Å². The van der Waals surface area contributed by atoms with Crippen LogP contribution < -0.4 is 10.2 Å². The average Bonchev–Trinajstić information content (AvgIpc) is 3.52. The molecule has 2 saturated carbocycles. The second kappa shape index (κ2) is 5.74. The summed E-state index contributed by atoms with van der Waals surface area (Å²) in [5.74, 6) is 2.52. The molecule has 0 amide bonds. The van der Waals surface area contributed by atoms with Gasteiger partial charge in [-0.3, -0.25) is 0 Å². The Kier molecular flexibility index (Phi) is 3.52. The van der Waals surface area contributed by atoms with E-state index in [1.54, 1.807) is 0 Å². The van der Waals surface area contributed by atoms with Gasteiger partial charge in [0.15, 0.2) is 0 Å². The molecule has 0 unspecified atom stereocenters. The van der Waals surface area contributed by atoms with Crippen molar-refractivity contribution in [2.24, 2.45) is 5.92 Å². The minimum Gasteiger partial charge on any atom is -0.353 e. The number of nitriles is 1. The van der Waals surface area contributed by atoms with E-state index in [9.17, 15) is 5.26 Å². The standard InChI is InChI=1S/C20H26N4/c21-11-17-15-3-1-2-4-16(15)19(14-7-8-14)23-20(17)24-10-9-22-18(12-24)13-5-6-13/h13-14,18,22H,1-10,12H2/t18-/m0/s1. The lowest BCUT2D eigenvalue weighted by Crippen LogP contribution is -2.52. The minimum atomic E-state index is 0.590. The maximum absolute atomic E-state index is 9.91. The number of aromatic nitrogens is 1. The van der Waals surface area contributed by atoms with Gasteiger partial charge in [-0.05, 0) is 68.4 Å². The van der Waals surface area contributed by atoms with Crippen LogP contribution in [0.3, 0.4) is 0 Å². The summed E-state index contributed by atoms with van der Waals surface area (Å²) in [7, 11) is 0. The zero-order chi connectivity index (χ0) is 16.1. The maximum atomic E-state index is 9.91. The Hall–Kier alpha value is -1.60. The van der Waals surface area contributed by atoms with Gasteiger partial charge in [-0.1, -0.05) is 0 Å². The third-order valence-corrected chi connectivity index (χ3v) is 6.30. The first-order chi connectivity index (χ1) is 11.8. The topological polar surface area (TPSA) is 52.0 Å². The van der Waals surface area contributed by atoms with Gasteiger partial charge in [-0.25, -0.2) is 4.98 Å². The first-order valence-corrected chi connectivity index (χ1v) is 9.79. The van der Waals surface area contributed by atoms with Crippen LogP contribution in [0.1, 0.15) is 66.8 Å². The highest BCUT2D eigenvalue weighted by molar-refractivity contribution is 5.62. The molecule has 1 aliphatic heterocycles. The number of hydrogen-bond acceptors (Lipinski definition) is 4. The van der Waals surface area contributed by atoms with Crippen molar-refractivity contribution in [1.82, 2.24) is 10.3 Å². The predicted octanol–water partition coefficient (Wildman–Crippen LogP) is 2.90. The van der Waals surface area contributed by atoms with Crippen LogP contribution in [0, 0.1) is 17.2 Å². The van der Waals surface area contributed by atoms with Crippen molar-refractivity contribution in [2.45, 2.75) is 63.3 Å². The fourth-order valence-electron chi connectivity index (χ4n) is 4.66. The molecule has 126 valence electrons. The molecule has 5 rings (SSSR count). The zero-order valence-electron chi connectivity index (χ0n) is 14.4. The fraction of sp³-hybridized carbons (Fsp3) is 0.700. The van der Waals surface area contributed by atoms with Crippen LogP contribution >= 0.6 is 0 Å². The third-order valence-electron chi connectivity index (χ3n) is 6.30. The molecule has 0 aromatic carbocycles. The molecule has 0 spiro atoms. The number of rotatable bonds is 3. The van der Waals surface area contributed by atoms with Gasteiger partial charge in [-0.15, -0.1) is 0 Å². The van der Waals surface area contributed by atoms with Crippen LogP contribution in [-0.2, 0) is 12.8 Å². The van der Waals surface area contributed by atoms with Crippen LogP contribution in [0.25, 0.3) is 0 Å². The second-order valence-corrected chi connectivity index (χ2v) is 8.09. The van der Waals surface area contributed by atoms with Crippen LogP contribution in [0.15, 0.2) is 0 Å². The summed E-state index contributed by atoms with van der Waals surface area (Å²) in [5.41, 5.74) is 5.03. The zero-order valence-corrected chi connectivity index (χ0v) is 14.4. The molecular weight excluding hydrogens is 296 g/mol. The Bertz CT molecular complexity index is 697. The molecule has 1 aromatic heterocycles. The maximum Gasteiger partial charge on any atom is 0.147 e.